The number of benzene rings is 4. The molecule has 0 atom stereocenters. The Morgan fingerprint density at radius 3 is 2.41 bits per heavy atom. The van der Waals surface area contributed by atoms with Gasteiger partial charge in [-0.25, -0.2) is 10.2 Å². The number of aromatic amines is 1. The Kier molecular flexibility index (Phi) is 9.23. The summed E-state index contributed by atoms with van der Waals surface area (Å²) in [6, 6.07) is 20.8. The van der Waals surface area contributed by atoms with Crippen LogP contribution in [-0.4, -0.2) is 23.1 Å². The van der Waals surface area contributed by atoms with Crippen molar-refractivity contribution in [2.45, 2.75) is 0 Å². The molecule has 0 aliphatic carbocycles. The first-order chi connectivity index (χ1) is 19.6. The minimum Gasteiger partial charge on any atom is -0.421 e. The molecule has 0 unspecified atom stereocenters. The molecule has 0 saturated carbocycles. The molecular formula is C29H15Br3Cl3N3O3. The number of hydrogen-bond acceptors (Lipinski definition) is 4. The second-order valence-corrected chi connectivity index (χ2v) is 12.5. The Morgan fingerprint density at radius 1 is 0.878 bits per heavy atom. The van der Waals surface area contributed by atoms with E-state index in [1.807, 2.05) is 36.4 Å². The highest BCUT2D eigenvalue weighted by atomic mass is 79.9. The van der Waals surface area contributed by atoms with Gasteiger partial charge in [-0.05, 0) is 70.5 Å². The Morgan fingerprint density at radius 2 is 1.66 bits per heavy atom. The molecule has 5 rings (SSSR count). The Hall–Kier alpha value is -2.66. The zero-order valence-corrected chi connectivity index (χ0v) is 27.5. The number of nitrogens with one attached hydrogen (secondary N) is 2. The fraction of sp³-hybridized carbons (Fsp3) is 0. The van der Waals surface area contributed by atoms with Gasteiger partial charge in [-0.2, -0.15) is 5.10 Å². The van der Waals surface area contributed by atoms with Crippen LogP contribution in [-0.2, 0) is 0 Å². The molecule has 4 aromatic carbocycles. The molecule has 0 aliphatic rings. The molecule has 1 aromatic heterocycles. The Labute approximate surface area is 274 Å². The smallest absolute Gasteiger partial charge is 0.345 e. The molecule has 0 aliphatic heterocycles. The number of hydrogen-bond donors (Lipinski definition) is 2. The lowest BCUT2D eigenvalue weighted by Crippen LogP contribution is -2.19. The molecule has 206 valence electrons. The molecule has 0 fully saturated rings. The number of halogens is 6. The van der Waals surface area contributed by atoms with Gasteiger partial charge in [0, 0.05) is 46.6 Å². The van der Waals surface area contributed by atoms with Gasteiger partial charge in [-0.1, -0.05) is 84.9 Å². The molecular weight excluding hydrogens is 784 g/mol. The summed E-state index contributed by atoms with van der Waals surface area (Å²) in [5.74, 6) is -1.01. The average Bonchev–Trinajstić information content (AvgIpc) is 3.29. The number of amides is 1. The fourth-order valence-electron chi connectivity index (χ4n) is 4.08. The highest BCUT2D eigenvalue weighted by Crippen LogP contribution is 2.38. The highest BCUT2D eigenvalue weighted by Gasteiger charge is 2.22. The number of nitrogens with zero attached hydrogens (tertiary/aromatic N) is 1. The molecule has 1 heterocycles. The van der Waals surface area contributed by atoms with Crippen molar-refractivity contribution in [1.29, 1.82) is 0 Å². The lowest BCUT2D eigenvalue weighted by Gasteiger charge is -2.11. The summed E-state index contributed by atoms with van der Waals surface area (Å²) in [5.41, 5.74) is 5.46. The number of rotatable bonds is 6. The second kappa shape index (κ2) is 12.7. The second-order valence-electron chi connectivity index (χ2n) is 8.56. The van der Waals surface area contributed by atoms with Gasteiger partial charge in [0.25, 0.3) is 5.91 Å². The summed E-state index contributed by atoms with van der Waals surface area (Å²) >= 11 is 29.0. The van der Waals surface area contributed by atoms with Crippen LogP contribution < -0.4 is 10.2 Å². The quantitative estimate of drug-likeness (QED) is 0.0777. The number of carbonyl (C=O) groups is 2. The van der Waals surface area contributed by atoms with Crippen LogP contribution in [0.15, 0.2) is 91.3 Å². The summed E-state index contributed by atoms with van der Waals surface area (Å²) in [5, 5.41) is 6.00. The lowest BCUT2D eigenvalue weighted by atomic mass is 10.0. The maximum Gasteiger partial charge on any atom is 0.345 e. The predicted octanol–water partition coefficient (Wildman–Crippen LogP) is 10.1. The fourth-order valence-corrected chi connectivity index (χ4v) is 6.50. The number of aromatic nitrogens is 1. The predicted molar refractivity (Wildman–Crippen MR) is 175 cm³/mol. The van der Waals surface area contributed by atoms with Crippen molar-refractivity contribution in [2.24, 2.45) is 5.10 Å². The number of hydrazone groups is 1. The molecule has 0 spiro atoms. The third-order valence-electron chi connectivity index (χ3n) is 5.88. The first-order valence-corrected chi connectivity index (χ1v) is 15.2. The zero-order valence-electron chi connectivity index (χ0n) is 20.4. The van der Waals surface area contributed by atoms with Gasteiger partial charge in [0.2, 0.25) is 0 Å². The van der Waals surface area contributed by atoms with Crippen LogP contribution in [0.2, 0.25) is 15.1 Å². The van der Waals surface area contributed by atoms with Crippen LogP contribution in [0.25, 0.3) is 22.0 Å². The number of carbonyl (C=O) groups excluding carboxylic acids is 2. The molecule has 41 heavy (non-hydrogen) atoms. The molecule has 0 saturated heterocycles. The van der Waals surface area contributed by atoms with E-state index in [-0.39, 0.29) is 22.0 Å². The van der Waals surface area contributed by atoms with Crippen molar-refractivity contribution >= 4 is 112 Å². The topological polar surface area (TPSA) is 83.5 Å². The number of esters is 1. The van der Waals surface area contributed by atoms with Gasteiger partial charge in [0.15, 0.2) is 5.75 Å². The normalized spacial score (nSPS) is 11.3. The maximum atomic E-state index is 13.4. The molecule has 0 radical (unpaired) electrons. The standard InChI is InChI=1S/C29H15Br3Cl3N3O3/c30-15-5-8-24-20(10-15)25(18-3-1-2-4-22(18)34)26(37-24)28(39)38-36-13-14-9-16(31)11-21(32)27(14)41-29(40)19-7-6-17(33)12-23(19)35/h1-13,37H,(H,38,39). The van der Waals surface area contributed by atoms with Crippen molar-refractivity contribution in [1.82, 2.24) is 10.4 Å². The van der Waals surface area contributed by atoms with E-state index in [9.17, 15) is 9.59 Å². The van der Waals surface area contributed by atoms with Gasteiger partial charge in [-0.3, -0.25) is 4.79 Å². The van der Waals surface area contributed by atoms with Crippen LogP contribution in [0.3, 0.4) is 0 Å². The summed E-state index contributed by atoms with van der Waals surface area (Å²) in [4.78, 5) is 29.5. The van der Waals surface area contributed by atoms with E-state index < -0.39 is 11.9 Å². The van der Waals surface area contributed by atoms with E-state index in [2.05, 4.69) is 63.3 Å². The lowest BCUT2D eigenvalue weighted by molar-refractivity contribution is 0.0733. The van der Waals surface area contributed by atoms with E-state index >= 15 is 0 Å². The van der Waals surface area contributed by atoms with E-state index in [1.165, 1.54) is 24.4 Å². The summed E-state index contributed by atoms with van der Waals surface area (Å²) < 4.78 is 7.67. The molecule has 12 heteroatoms. The van der Waals surface area contributed by atoms with Gasteiger partial charge in [0.1, 0.15) is 5.69 Å². The molecule has 5 aromatic rings. The van der Waals surface area contributed by atoms with Crippen LogP contribution in [0.4, 0.5) is 0 Å². The van der Waals surface area contributed by atoms with Crippen LogP contribution >= 0.6 is 82.6 Å². The Balaban J connectivity index is 1.46. The van der Waals surface area contributed by atoms with Gasteiger partial charge >= 0.3 is 5.97 Å². The van der Waals surface area contributed by atoms with Crippen molar-refractivity contribution in [3.8, 4) is 16.9 Å². The zero-order chi connectivity index (χ0) is 29.3. The highest BCUT2D eigenvalue weighted by molar-refractivity contribution is 9.11. The van der Waals surface area contributed by atoms with Gasteiger partial charge < -0.3 is 9.72 Å². The van der Waals surface area contributed by atoms with Crippen LogP contribution in [0.5, 0.6) is 5.75 Å². The summed E-state index contributed by atoms with van der Waals surface area (Å²) in [6.07, 6.45) is 1.37. The molecule has 2 N–H and O–H groups in total. The van der Waals surface area contributed by atoms with Gasteiger partial charge in [-0.15, -0.1) is 0 Å². The SMILES string of the molecule is O=C(Oc1c(Br)cc(Br)cc1C=NNC(=O)c1[nH]c2ccc(Br)cc2c1-c1ccccc1Cl)c1ccc(Cl)cc1Cl. The van der Waals surface area contributed by atoms with Crippen molar-refractivity contribution in [2.75, 3.05) is 0 Å². The summed E-state index contributed by atoms with van der Waals surface area (Å²) in [7, 11) is 0. The van der Waals surface area contributed by atoms with Crippen LogP contribution in [0.1, 0.15) is 26.4 Å². The first-order valence-electron chi connectivity index (χ1n) is 11.7. The van der Waals surface area contributed by atoms with E-state index in [0.717, 1.165) is 15.4 Å². The monoisotopic (exact) mass is 795 g/mol. The van der Waals surface area contributed by atoms with E-state index in [1.54, 1.807) is 18.2 Å². The third-order valence-corrected chi connectivity index (χ3v) is 8.30. The minimum absolute atomic E-state index is 0.139. The maximum absolute atomic E-state index is 13.4. The molecule has 1 amide bonds. The number of fused-ring (bicyclic) bond motifs is 1. The third kappa shape index (κ3) is 6.56. The summed E-state index contributed by atoms with van der Waals surface area (Å²) in [6.45, 7) is 0. The van der Waals surface area contributed by atoms with Crippen molar-refractivity contribution in [3.05, 3.63) is 118 Å². The largest absolute Gasteiger partial charge is 0.421 e. The van der Waals surface area contributed by atoms with Crippen molar-refractivity contribution in [3.63, 3.8) is 0 Å². The van der Waals surface area contributed by atoms with Gasteiger partial charge in [0.05, 0.1) is 21.3 Å². The van der Waals surface area contributed by atoms with E-state index in [0.29, 0.717) is 35.7 Å². The Bertz CT molecular complexity index is 1870. The number of ether oxygens (including phenoxy) is 1. The average molecular weight is 800 g/mol. The number of H-pyrrole nitrogens is 1. The first kappa shape index (κ1) is 29.8. The van der Waals surface area contributed by atoms with Crippen molar-refractivity contribution < 1.29 is 14.3 Å². The molecule has 6 nitrogen and oxygen atoms in total. The minimum atomic E-state index is -0.693. The van der Waals surface area contributed by atoms with E-state index in [4.69, 9.17) is 39.5 Å². The van der Waals surface area contributed by atoms with Crippen LogP contribution in [0, 0.1) is 0 Å². The molecule has 0 bridgehead atoms.